The highest BCUT2D eigenvalue weighted by molar-refractivity contribution is 7.74. The second-order valence-electron chi connectivity index (χ2n) is 7.78. The Morgan fingerprint density at radius 3 is 2.49 bits per heavy atom. The standard InChI is InChI=1S/C25H25ClN6O4S/c1-3-27-15-23(33)28-16-7-6-8-17(13-16)32(37(34)35)25-24(29-20-9-4-5-10-21(20)31-25)30-22-14-18(36-2)11-12-19(22)26/h4-14,27,37H,3,15H2,1-2H3,(H,28,33)(H,29,30). The molecule has 0 atom stereocenters. The molecule has 0 aliphatic rings. The Morgan fingerprint density at radius 2 is 1.78 bits per heavy atom. The minimum atomic E-state index is -3.21. The predicted molar refractivity (Wildman–Crippen MR) is 147 cm³/mol. The van der Waals surface area contributed by atoms with E-state index in [1.165, 1.54) is 7.11 Å². The molecule has 1 amide bonds. The number of methoxy groups -OCH3 is 1. The molecular formula is C25H25ClN6O4S. The van der Waals surface area contributed by atoms with Crippen LogP contribution in [0, 0.1) is 0 Å². The number of nitrogens with one attached hydrogen (secondary N) is 3. The minimum absolute atomic E-state index is 0.0322. The van der Waals surface area contributed by atoms with Crippen LogP contribution in [0.3, 0.4) is 0 Å². The van der Waals surface area contributed by atoms with Crippen molar-refractivity contribution in [2.75, 3.05) is 35.1 Å². The number of carbonyl (C=O) groups excluding carboxylic acids is 1. The van der Waals surface area contributed by atoms with Gasteiger partial charge in [-0.15, -0.1) is 0 Å². The molecule has 0 fully saturated rings. The van der Waals surface area contributed by atoms with Crippen LogP contribution in [0.25, 0.3) is 11.0 Å². The highest BCUT2D eigenvalue weighted by Gasteiger charge is 2.22. The van der Waals surface area contributed by atoms with Crippen LogP contribution >= 0.6 is 11.6 Å². The quantitative estimate of drug-likeness (QED) is 0.220. The molecule has 0 unspecified atom stereocenters. The van der Waals surface area contributed by atoms with Gasteiger partial charge in [0, 0.05) is 11.8 Å². The van der Waals surface area contributed by atoms with Gasteiger partial charge in [0.2, 0.25) is 16.8 Å². The maximum Gasteiger partial charge on any atom is 0.238 e. The number of anilines is 5. The normalized spacial score (nSPS) is 10.9. The van der Waals surface area contributed by atoms with Gasteiger partial charge in [-0.3, -0.25) is 4.79 Å². The van der Waals surface area contributed by atoms with E-state index in [1.807, 2.05) is 13.0 Å². The van der Waals surface area contributed by atoms with Gasteiger partial charge in [-0.1, -0.05) is 36.7 Å². The lowest BCUT2D eigenvalue weighted by atomic mass is 10.2. The topological polar surface area (TPSA) is 126 Å². The third-order valence-corrected chi connectivity index (χ3v) is 6.33. The fraction of sp³-hybridized carbons (Fsp3) is 0.160. The van der Waals surface area contributed by atoms with Crippen molar-refractivity contribution < 1.29 is 17.9 Å². The van der Waals surface area contributed by atoms with Crippen LogP contribution in [0.4, 0.5) is 28.7 Å². The average Bonchev–Trinajstić information content (AvgIpc) is 2.89. The Balaban J connectivity index is 1.81. The smallest absolute Gasteiger partial charge is 0.238 e. The number of rotatable bonds is 10. The molecule has 37 heavy (non-hydrogen) atoms. The molecule has 0 spiro atoms. The van der Waals surface area contributed by atoms with E-state index in [2.05, 4.69) is 25.9 Å². The summed E-state index contributed by atoms with van der Waals surface area (Å²) in [6, 6.07) is 18.6. The number of fused-ring (bicyclic) bond motifs is 1. The number of nitrogens with zero attached hydrogens (tertiary/aromatic N) is 3. The molecule has 12 heteroatoms. The van der Waals surface area contributed by atoms with Crippen LogP contribution in [0.5, 0.6) is 5.75 Å². The molecule has 4 rings (SSSR count). The number of likely N-dealkylation sites (N-methyl/N-ethyl adjacent to an activating group) is 1. The summed E-state index contributed by atoms with van der Waals surface area (Å²) in [6.45, 7) is 2.67. The predicted octanol–water partition coefficient (Wildman–Crippen LogP) is 4.25. The number of para-hydroxylation sites is 2. The summed E-state index contributed by atoms with van der Waals surface area (Å²) >= 11 is 6.39. The highest BCUT2D eigenvalue weighted by atomic mass is 35.5. The molecule has 3 aromatic carbocycles. The van der Waals surface area contributed by atoms with Crippen molar-refractivity contribution >= 4 is 68.1 Å². The van der Waals surface area contributed by atoms with E-state index in [9.17, 15) is 13.2 Å². The van der Waals surface area contributed by atoms with E-state index in [4.69, 9.17) is 16.3 Å². The molecule has 0 aliphatic heterocycles. The third kappa shape index (κ3) is 6.26. The molecule has 0 saturated heterocycles. The molecule has 0 aliphatic carbocycles. The van der Waals surface area contributed by atoms with Crippen molar-refractivity contribution in [1.29, 1.82) is 0 Å². The van der Waals surface area contributed by atoms with Gasteiger partial charge in [0.05, 0.1) is 41.1 Å². The van der Waals surface area contributed by atoms with Gasteiger partial charge < -0.3 is 20.7 Å². The van der Waals surface area contributed by atoms with Gasteiger partial charge in [0.15, 0.2) is 11.6 Å². The maximum absolute atomic E-state index is 12.6. The first-order valence-corrected chi connectivity index (χ1v) is 12.8. The van der Waals surface area contributed by atoms with E-state index in [0.717, 1.165) is 4.31 Å². The molecule has 1 heterocycles. The van der Waals surface area contributed by atoms with Crippen LogP contribution in [-0.2, 0) is 15.7 Å². The van der Waals surface area contributed by atoms with Gasteiger partial charge in [0.1, 0.15) is 5.75 Å². The van der Waals surface area contributed by atoms with Crippen LogP contribution in [0.1, 0.15) is 6.92 Å². The Morgan fingerprint density at radius 1 is 1.03 bits per heavy atom. The number of amides is 1. The second kappa shape index (κ2) is 11.9. The van der Waals surface area contributed by atoms with Crippen molar-refractivity contribution in [1.82, 2.24) is 15.3 Å². The molecule has 3 N–H and O–H groups in total. The highest BCUT2D eigenvalue weighted by Crippen LogP contribution is 2.36. The van der Waals surface area contributed by atoms with Crippen LogP contribution < -0.4 is 25.0 Å². The zero-order valence-electron chi connectivity index (χ0n) is 20.1. The van der Waals surface area contributed by atoms with Gasteiger partial charge in [0.25, 0.3) is 0 Å². The van der Waals surface area contributed by atoms with Crippen molar-refractivity contribution in [3.63, 3.8) is 0 Å². The zero-order chi connectivity index (χ0) is 26.4. The molecule has 4 aromatic rings. The number of carbonyl (C=O) groups is 1. The lowest BCUT2D eigenvalue weighted by molar-refractivity contribution is -0.115. The van der Waals surface area contributed by atoms with Crippen molar-refractivity contribution in [2.45, 2.75) is 6.92 Å². The summed E-state index contributed by atoms with van der Waals surface area (Å²) in [5, 5.41) is 9.19. The molecule has 0 saturated carbocycles. The first kappa shape index (κ1) is 26.1. The molecule has 0 radical (unpaired) electrons. The first-order valence-electron chi connectivity index (χ1n) is 11.3. The number of thiol groups is 1. The lowest BCUT2D eigenvalue weighted by Gasteiger charge is -2.21. The summed E-state index contributed by atoms with van der Waals surface area (Å²) < 4.78 is 31.5. The molecule has 1 aromatic heterocycles. The summed E-state index contributed by atoms with van der Waals surface area (Å²) in [5.74, 6) is 0.493. The van der Waals surface area contributed by atoms with Crippen molar-refractivity contribution in [3.05, 3.63) is 71.8 Å². The molecule has 0 bridgehead atoms. The molecular weight excluding hydrogens is 516 g/mol. The SMILES string of the molecule is CCNCC(=O)Nc1cccc(N(c2nc3ccccc3nc2Nc2cc(OC)ccc2Cl)[SH](=O)=O)c1. The summed E-state index contributed by atoms with van der Waals surface area (Å²) in [5.41, 5.74) is 2.20. The van der Waals surface area contributed by atoms with E-state index in [-0.39, 0.29) is 29.8 Å². The summed E-state index contributed by atoms with van der Waals surface area (Å²) in [7, 11) is -1.68. The Bertz CT molecular complexity index is 1510. The monoisotopic (exact) mass is 540 g/mol. The Kier molecular flexibility index (Phi) is 8.39. The number of hydrogen-bond acceptors (Lipinski definition) is 8. The van der Waals surface area contributed by atoms with Crippen molar-refractivity contribution in [2.24, 2.45) is 0 Å². The van der Waals surface area contributed by atoms with E-state index >= 15 is 0 Å². The summed E-state index contributed by atoms with van der Waals surface area (Å²) in [6.07, 6.45) is 0. The van der Waals surface area contributed by atoms with Crippen LogP contribution in [-0.4, -0.2) is 44.5 Å². The van der Waals surface area contributed by atoms with Gasteiger partial charge >= 0.3 is 0 Å². The Hall–Kier alpha value is -3.93. The number of hydrogen-bond donors (Lipinski definition) is 4. The number of ether oxygens (including phenoxy) is 1. The van der Waals surface area contributed by atoms with Gasteiger partial charge in [-0.05, 0) is 49.0 Å². The van der Waals surface area contributed by atoms with E-state index in [1.54, 1.807) is 60.7 Å². The second-order valence-corrected chi connectivity index (χ2v) is 9.07. The van der Waals surface area contributed by atoms with E-state index < -0.39 is 10.9 Å². The molecule has 10 nitrogen and oxygen atoms in total. The van der Waals surface area contributed by atoms with Gasteiger partial charge in [-0.2, -0.15) is 0 Å². The Labute approximate surface area is 220 Å². The number of halogens is 1. The minimum Gasteiger partial charge on any atom is -0.497 e. The number of aromatic nitrogens is 2. The van der Waals surface area contributed by atoms with Crippen LogP contribution in [0.15, 0.2) is 66.7 Å². The van der Waals surface area contributed by atoms with E-state index in [0.29, 0.717) is 39.7 Å². The summed E-state index contributed by atoms with van der Waals surface area (Å²) in [4.78, 5) is 21.4. The first-order chi connectivity index (χ1) is 17.9. The third-order valence-electron chi connectivity index (χ3n) is 5.25. The fourth-order valence-corrected chi connectivity index (χ4v) is 4.30. The van der Waals surface area contributed by atoms with Crippen molar-refractivity contribution in [3.8, 4) is 5.75 Å². The largest absolute Gasteiger partial charge is 0.497 e. The maximum atomic E-state index is 12.6. The number of benzene rings is 3. The van der Waals surface area contributed by atoms with Crippen LogP contribution in [0.2, 0.25) is 5.02 Å². The lowest BCUT2D eigenvalue weighted by Crippen LogP contribution is -2.27. The average molecular weight is 541 g/mol. The zero-order valence-corrected chi connectivity index (χ0v) is 21.7. The fourth-order valence-electron chi connectivity index (χ4n) is 3.53. The molecule has 192 valence electrons. The van der Waals surface area contributed by atoms with Gasteiger partial charge in [-0.25, -0.2) is 22.7 Å².